The number of hydroxylamine groups is 1. The van der Waals surface area contributed by atoms with Crippen LogP contribution < -0.4 is 5.48 Å². The third-order valence-corrected chi connectivity index (χ3v) is 3.97. The van der Waals surface area contributed by atoms with Gasteiger partial charge < -0.3 is 0 Å². The Morgan fingerprint density at radius 3 is 2.12 bits per heavy atom. The van der Waals surface area contributed by atoms with Crippen LogP contribution in [0.15, 0.2) is 54.6 Å². The molecule has 0 unspecified atom stereocenters. The van der Waals surface area contributed by atoms with E-state index in [1.807, 2.05) is 30.3 Å². The standard InChI is InChI=1S/C19H20N2O3/c22-18-16-10-4-5-11-17(16)19(23)21(18)13-7-6-12-20-24-14-15-8-2-1-3-9-15/h1-5,8-11,20H,6-7,12-14H2. The summed E-state index contributed by atoms with van der Waals surface area (Å²) in [6.45, 7) is 1.63. The molecule has 24 heavy (non-hydrogen) atoms. The summed E-state index contributed by atoms with van der Waals surface area (Å²) in [5.74, 6) is -0.382. The van der Waals surface area contributed by atoms with Crippen molar-refractivity contribution >= 4 is 11.8 Å². The number of fused-ring (bicyclic) bond motifs is 1. The van der Waals surface area contributed by atoms with Gasteiger partial charge in [0, 0.05) is 13.1 Å². The number of unbranched alkanes of at least 4 members (excludes halogenated alkanes) is 1. The highest BCUT2D eigenvalue weighted by molar-refractivity contribution is 6.21. The molecule has 0 aliphatic carbocycles. The maximum Gasteiger partial charge on any atom is 0.261 e. The predicted octanol–water partition coefficient (Wildman–Crippen LogP) is 2.78. The summed E-state index contributed by atoms with van der Waals surface area (Å²) in [7, 11) is 0. The second-order valence-electron chi connectivity index (χ2n) is 5.68. The molecule has 0 spiro atoms. The Morgan fingerprint density at radius 1 is 0.833 bits per heavy atom. The smallest absolute Gasteiger partial charge is 0.261 e. The lowest BCUT2D eigenvalue weighted by Crippen LogP contribution is -2.31. The summed E-state index contributed by atoms with van der Waals surface area (Å²) in [6.07, 6.45) is 1.56. The summed E-state index contributed by atoms with van der Waals surface area (Å²) in [4.78, 5) is 31.1. The van der Waals surface area contributed by atoms with Crippen LogP contribution in [0.5, 0.6) is 0 Å². The number of rotatable bonds is 8. The van der Waals surface area contributed by atoms with E-state index >= 15 is 0 Å². The zero-order chi connectivity index (χ0) is 16.8. The van der Waals surface area contributed by atoms with Gasteiger partial charge in [-0.05, 0) is 30.5 Å². The van der Waals surface area contributed by atoms with E-state index in [1.165, 1.54) is 4.90 Å². The van der Waals surface area contributed by atoms with Gasteiger partial charge in [-0.2, -0.15) is 0 Å². The molecule has 5 nitrogen and oxygen atoms in total. The Morgan fingerprint density at radius 2 is 1.46 bits per heavy atom. The number of hydrogen-bond acceptors (Lipinski definition) is 4. The van der Waals surface area contributed by atoms with Gasteiger partial charge in [-0.25, -0.2) is 5.48 Å². The van der Waals surface area contributed by atoms with Gasteiger partial charge in [0.2, 0.25) is 0 Å². The van der Waals surface area contributed by atoms with Crippen LogP contribution in [0.1, 0.15) is 39.1 Å². The lowest BCUT2D eigenvalue weighted by atomic mass is 10.1. The van der Waals surface area contributed by atoms with Crippen LogP contribution in [0.25, 0.3) is 0 Å². The van der Waals surface area contributed by atoms with Crippen molar-refractivity contribution < 1.29 is 14.4 Å². The molecule has 1 heterocycles. The summed E-state index contributed by atoms with van der Waals surface area (Å²) in [5.41, 5.74) is 5.03. The number of nitrogens with one attached hydrogen (secondary N) is 1. The highest BCUT2D eigenvalue weighted by atomic mass is 16.6. The van der Waals surface area contributed by atoms with Gasteiger partial charge in [-0.3, -0.25) is 19.3 Å². The van der Waals surface area contributed by atoms with Gasteiger partial charge in [0.25, 0.3) is 11.8 Å². The molecule has 0 radical (unpaired) electrons. The van der Waals surface area contributed by atoms with E-state index in [2.05, 4.69) is 5.48 Å². The van der Waals surface area contributed by atoms with Crippen molar-refractivity contribution in [3.8, 4) is 0 Å². The van der Waals surface area contributed by atoms with E-state index in [0.717, 1.165) is 18.4 Å². The van der Waals surface area contributed by atoms with Gasteiger partial charge in [-0.15, -0.1) is 0 Å². The molecule has 3 rings (SSSR count). The number of nitrogens with zero attached hydrogens (tertiary/aromatic N) is 1. The first-order chi connectivity index (χ1) is 11.8. The van der Waals surface area contributed by atoms with Crippen LogP contribution in [0.3, 0.4) is 0 Å². The molecule has 0 bridgehead atoms. The lowest BCUT2D eigenvalue weighted by molar-refractivity contribution is 0.0269. The Kier molecular flexibility index (Phi) is 5.36. The first-order valence-corrected chi connectivity index (χ1v) is 8.11. The quantitative estimate of drug-likeness (QED) is 0.461. The van der Waals surface area contributed by atoms with Crippen molar-refractivity contribution in [2.24, 2.45) is 0 Å². The molecule has 1 aliphatic rings. The third-order valence-electron chi connectivity index (χ3n) is 3.97. The average molecular weight is 324 g/mol. The van der Waals surface area contributed by atoms with Crippen LogP contribution in [0.2, 0.25) is 0 Å². The molecule has 0 atom stereocenters. The first-order valence-electron chi connectivity index (χ1n) is 8.11. The van der Waals surface area contributed by atoms with E-state index in [4.69, 9.17) is 4.84 Å². The maximum atomic E-state index is 12.2. The molecule has 0 aromatic heterocycles. The number of carbonyl (C=O) groups excluding carboxylic acids is 2. The second-order valence-corrected chi connectivity index (χ2v) is 5.68. The molecule has 0 saturated heterocycles. The fourth-order valence-electron chi connectivity index (χ4n) is 2.69. The third kappa shape index (κ3) is 3.69. The fourth-order valence-corrected chi connectivity index (χ4v) is 2.69. The summed E-state index contributed by atoms with van der Waals surface area (Å²) < 4.78 is 0. The molecule has 124 valence electrons. The molecule has 0 saturated carbocycles. The van der Waals surface area contributed by atoms with Gasteiger partial charge >= 0.3 is 0 Å². The Hall–Kier alpha value is -2.50. The maximum absolute atomic E-state index is 12.2. The molecule has 5 heteroatoms. The second kappa shape index (κ2) is 7.86. The van der Waals surface area contributed by atoms with Gasteiger partial charge in [0.1, 0.15) is 0 Å². The zero-order valence-corrected chi connectivity index (χ0v) is 13.4. The molecular formula is C19H20N2O3. The summed E-state index contributed by atoms with van der Waals surface area (Å²) in [5, 5.41) is 0. The molecule has 0 fully saturated rings. The minimum Gasteiger partial charge on any atom is -0.297 e. The van der Waals surface area contributed by atoms with E-state index in [9.17, 15) is 9.59 Å². The molecule has 1 N–H and O–H groups in total. The summed E-state index contributed by atoms with van der Waals surface area (Å²) >= 11 is 0. The Labute approximate surface area is 141 Å². The first kappa shape index (κ1) is 16.4. The highest BCUT2D eigenvalue weighted by Gasteiger charge is 2.34. The van der Waals surface area contributed by atoms with Crippen LogP contribution in [-0.2, 0) is 11.4 Å². The minimum atomic E-state index is -0.191. The Bertz CT molecular complexity index is 681. The highest BCUT2D eigenvalue weighted by Crippen LogP contribution is 2.22. The Balaban J connectivity index is 1.34. The molecule has 1 aliphatic heterocycles. The van der Waals surface area contributed by atoms with E-state index in [-0.39, 0.29) is 11.8 Å². The monoisotopic (exact) mass is 324 g/mol. The normalized spacial score (nSPS) is 13.4. The van der Waals surface area contributed by atoms with Gasteiger partial charge in [0.15, 0.2) is 0 Å². The number of amides is 2. The lowest BCUT2D eigenvalue weighted by Gasteiger charge is -2.13. The number of benzene rings is 2. The SMILES string of the molecule is O=C1c2ccccc2C(=O)N1CCCCNOCc1ccccc1. The molecule has 2 aromatic carbocycles. The van der Waals surface area contributed by atoms with Crippen LogP contribution in [0, 0.1) is 0 Å². The molecule has 2 aromatic rings. The molecular weight excluding hydrogens is 304 g/mol. The van der Waals surface area contributed by atoms with Gasteiger partial charge in [0.05, 0.1) is 17.7 Å². The van der Waals surface area contributed by atoms with E-state index in [1.54, 1.807) is 24.3 Å². The van der Waals surface area contributed by atoms with Crippen molar-refractivity contribution in [3.05, 3.63) is 71.3 Å². The number of imide groups is 1. The van der Waals surface area contributed by atoms with Crippen molar-refractivity contribution in [2.45, 2.75) is 19.4 Å². The largest absolute Gasteiger partial charge is 0.297 e. The number of hydrogen-bond donors (Lipinski definition) is 1. The number of carbonyl (C=O) groups is 2. The van der Waals surface area contributed by atoms with E-state index < -0.39 is 0 Å². The average Bonchev–Trinajstić information content (AvgIpc) is 2.87. The van der Waals surface area contributed by atoms with Crippen molar-refractivity contribution in [1.82, 2.24) is 10.4 Å². The molecule has 2 amide bonds. The van der Waals surface area contributed by atoms with Gasteiger partial charge in [-0.1, -0.05) is 42.5 Å². The van der Waals surface area contributed by atoms with E-state index in [0.29, 0.717) is 30.8 Å². The fraction of sp³-hybridized carbons (Fsp3) is 0.263. The van der Waals surface area contributed by atoms with Crippen molar-refractivity contribution in [3.63, 3.8) is 0 Å². The van der Waals surface area contributed by atoms with Crippen LogP contribution in [0.4, 0.5) is 0 Å². The summed E-state index contributed by atoms with van der Waals surface area (Å²) in [6, 6.07) is 16.9. The minimum absolute atomic E-state index is 0.191. The van der Waals surface area contributed by atoms with Crippen molar-refractivity contribution in [2.75, 3.05) is 13.1 Å². The predicted molar refractivity (Wildman–Crippen MR) is 90.3 cm³/mol. The topological polar surface area (TPSA) is 58.6 Å². The van der Waals surface area contributed by atoms with Crippen LogP contribution in [-0.4, -0.2) is 29.8 Å². The van der Waals surface area contributed by atoms with Crippen LogP contribution >= 0.6 is 0 Å². The zero-order valence-electron chi connectivity index (χ0n) is 13.4. The van der Waals surface area contributed by atoms with Crippen molar-refractivity contribution in [1.29, 1.82) is 0 Å².